The Morgan fingerprint density at radius 2 is 2.23 bits per heavy atom. The van der Waals surface area contributed by atoms with Gasteiger partial charge in [-0.15, -0.1) is 0 Å². The van der Waals surface area contributed by atoms with Crippen molar-refractivity contribution in [2.75, 3.05) is 0 Å². The van der Waals surface area contributed by atoms with Crippen LogP contribution in [0.4, 0.5) is 0 Å². The first-order valence-electron chi connectivity index (χ1n) is 4.14. The maximum atomic E-state index is 8.85. The van der Waals surface area contributed by atoms with Gasteiger partial charge < -0.3 is 8.84 Å². The van der Waals surface area contributed by atoms with Crippen LogP contribution in [0.25, 0.3) is 0 Å². The second-order valence-electron chi connectivity index (χ2n) is 3.75. The van der Waals surface area contributed by atoms with Crippen molar-refractivity contribution in [1.29, 1.82) is 5.26 Å². The summed E-state index contributed by atoms with van der Waals surface area (Å²) in [7, 11) is -1.68. The van der Waals surface area contributed by atoms with Gasteiger partial charge >= 0.3 is 0 Å². The number of rotatable bonds is 3. The van der Waals surface area contributed by atoms with Crippen LogP contribution >= 0.6 is 0 Å². The van der Waals surface area contributed by atoms with Crippen LogP contribution in [0, 0.1) is 11.3 Å². The standard InChI is InChI=1S/C9H13NO2Si/c1-13(2,3)12-9(7-10)8-5-4-6-11-8/h4-6,9H,1-3H3/i7+1. The smallest absolute Gasteiger partial charge is 0.192 e. The maximum Gasteiger partial charge on any atom is 0.192 e. The van der Waals surface area contributed by atoms with Crippen molar-refractivity contribution in [3.05, 3.63) is 24.2 Å². The minimum atomic E-state index is -1.68. The summed E-state index contributed by atoms with van der Waals surface area (Å²) in [5.41, 5.74) is 0. The summed E-state index contributed by atoms with van der Waals surface area (Å²) >= 11 is 0. The maximum absolute atomic E-state index is 8.85. The number of hydrogen-bond donors (Lipinski definition) is 0. The van der Waals surface area contributed by atoms with Crippen molar-refractivity contribution < 1.29 is 8.84 Å². The van der Waals surface area contributed by atoms with Crippen LogP contribution in [0.3, 0.4) is 0 Å². The van der Waals surface area contributed by atoms with Crippen LogP contribution in [-0.2, 0) is 4.43 Å². The summed E-state index contributed by atoms with van der Waals surface area (Å²) in [4.78, 5) is 0. The van der Waals surface area contributed by atoms with E-state index >= 15 is 0 Å². The molecule has 0 amide bonds. The number of nitriles is 1. The molecule has 0 aliphatic heterocycles. The fourth-order valence-electron chi connectivity index (χ4n) is 0.942. The Kier molecular flexibility index (Phi) is 2.91. The predicted octanol–water partition coefficient (Wildman–Crippen LogP) is 2.70. The van der Waals surface area contributed by atoms with Gasteiger partial charge in [0.25, 0.3) is 0 Å². The van der Waals surface area contributed by atoms with Crippen molar-refractivity contribution in [2.45, 2.75) is 25.7 Å². The number of nitrogens with zero attached hydrogens (tertiary/aromatic N) is 1. The van der Waals surface area contributed by atoms with Gasteiger partial charge in [0.1, 0.15) is 11.8 Å². The molecule has 70 valence electrons. The van der Waals surface area contributed by atoms with E-state index in [1.165, 1.54) is 0 Å². The second kappa shape index (κ2) is 3.77. The molecule has 0 saturated carbocycles. The lowest BCUT2D eigenvalue weighted by molar-refractivity contribution is 0.222. The van der Waals surface area contributed by atoms with Gasteiger partial charge in [-0.05, 0) is 31.8 Å². The molecule has 0 aromatic carbocycles. The van der Waals surface area contributed by atoms with E-state index in [0.717, 1.165) is 0 Å². The van der Waals surface area contributed by atoms with Crippen molar-refractivity contribution in [3.63, 3.8) is 0 Å². The largest absolute Gasteiger partial charge is 0.465 e. The zero-order valence-corrected chi connectivity index (χ0v) is 9.07. The lowest BCUT2D eigenvalue weighted by atomic mass is 10.4. The lowest BCUT2D eigenvalue weighted by Crippen LogP contribution is -2.27. The fourth-order valence-corrected chi connectivity index (χ4v) is 1.82. The third-order valence-electron chi connectivity index (χ3n) is 1.39. The third kappa shape index (κ3) is 3.05. The van der Waals surface area contributed by atoms with Gasteiger partial charge in [0.2, 0.25) is 0 Å². The van der Waals surface area contributed by atoms with E-state index in [-0.39, 0.29) is 0 Å². The molecule has 0 fully saturated rings. The van der Waals surface area contributed by atoms with Gasteiger partial charge in [0, 0.05) is 0 Å². The minimum absolute atomic E-state index is 0.554. The molecule has 1 heterocycles. The Balaban J connectivity index is 2.72. The van der Waals surface area contributed by atoms with Crippen molar-refractivity contribution in [2.24, 2.45) is 0 Å². The zero-order chi connectivity index (χ0) is 9.90. The molecule has 0 saturated heterocycles. The van der Waals surface area contributed by atoms with E-state index in [1.54, 1.807) is 18.4 Å². The molecular formula is C9H13NO2Si. The fraction of sp³-hybridized carbons (Fsp3) is 0.444. The highest BCUT2D eigenvalue weighted by Crippen LogP contribution is 2.21. The summed E-state index contributed by atoms with van der Waals surface area (Å²) in [5, 5.41) is 8.85. The molecule has 0 aliphatic carbocycles. The molecule has 0 aliphatic rings. The van der Waals surface area contributed by atoms with Gasteiger partial charge in [0.15, 0.2) is 14.4 Å². The molecule has 0 bridgehead atoms. The Hall–Kier alpha value is -1.05. The summed E-state index contributed by atoms with van der Waals surface area (Å²) in [6.07, 6.45) is 0.995. The summed E-state index contributed by atoms with van der Waals surface area (Å²) in [5.74, 6) is 0.588. The van der Waals surface area contributed by atoms with Crippen molar-refractivity contribution >= 4 is 8.32 Å². The lowest BCUT2D eigenvalue weighted by Gasteiger charge is -2.19. The van der Waals surface area contributed by atoms with Crippen LogP contribution in [0.1, 0.15) is 11.9 Å². The number of furan rings is 1. The molecule has 3 nitrogen and oxygen atoms in total. The molecule has 4 heteroatoms. The van der Waals surface area contributed by atoms with Gasteiger partial charge in [0.05, 0.1) is 6.26 Å². The van der Waals surface area contributed by atoms with Crippen LogP contribution in [0.2, 0.25) is 19.6 Å². The average molecular weight is 196 g/mol. The first kappa shape index (κ1) is 10.0. The summed E-state index contributed by atoms with van der Waals surface area (Å²) in [6.45, 7) is 6.13. The highest BCUT2D eigenvalue weighted by Gasteiger charge is 2.23. The van der Waals surface area contributed by atoms with Crippen LogP contribution in [-0.4, -0.2) is 8.32 Å². The SMILES string of the molecule is C[Si](C)(C)OC([13C]#N)c1ccco1. The van der Waals surface area contributed by atoms with Crippen LogP contribution in [0.5, 0.6) is 0 Å². The van der Waals surface area contributed by atoms with Gasteiger partial charge in [-0.2, -0.15) is 5.26 Å². The number of hydrogen-bond acceptors (Lipinski definition) is 3. The van der Waals surface area contributed by atoms with Crippen LogP contribution in [0.15, 0.2) is 22.8 Å². The predicted molar refractivity (Wildman–Crippen MR) is 51.5 cm³/mol. The normalized spacial score (nSPS) is 13.7. The highest BCUT2D eigenvalue weighted by atomic mass is 28.4. The van der Waals surface area contributed by atoms with E-state index in [0.29, 0.717) is 5.76 Å². The Bertz CT molecular complexity index is 294. The highest BCUT2D eigenvalue weighted by molar-refractivity contribution is 6.69. The van der Waals surface area contributed by atoms with E-state index in [2.05, 4.69) is 6.07 Å². The molecule has 1 aromatic rings. The molecule has 1 aromatic heterocycles. The van der Waals surface area contributed by atoms with E-state index in [9.17, 15) is 0 Å². The molecule has 1 atom stereocenters. The quantitative estimate of drug-likeness (QED) is 0.551. The van der Waals surface area contributed by atoms with Crippen molar-refractivity contribution in [1.82, 2.24) is 0 Å². The third-order valence-corrected chi connectivity index (χ3v) is 2.33. The van der Waals surface area contributed by atoms with Gasteiger partial charge in [-0.3, -0.25) is 0 Å². The van der Waals surface area contributed by atoms with Gasteiger partial charge in [-0.1, -0.05) is 0 Å². The Morgan fingerprint density at radius 1 is 1.54 bits per heavy atom. The molecule has 0 spiro atoms. The average Bonchev–Trinajstić information content (AvgIpc) is 2.50. The summed E-state index contributed by atoms with van der Waals surface area (Å²) < 4.78 is 10.7. The zero-order valence-electron chi connectivity index (χ0n) is 8.07. The monoisotopic (exact) mass is 196 g/mol. The summed E-state index contributed by atoms with van der Waals surface area (Å²) in [6, 6.07) is 5.59. The first-order chi connectivity index (χ1) is 6.03. The van der Waals surface area contributed by atoms with E-state index in [4.69, 9.17) is 14.1 Å². The van der Waals surface area contributed by atoms with E-state index < -0.39 is 14.4 Å². The molecule has 0 radical (unpaired) electrons. The Labute approximate surface area is 79.1 Å². The van der Waals surface area contributed by atoms with Gasteiger partial charge in [-0.25, -0.2) is 0 Å². The molecular weight excluding hydrogens is 183 g/mol. The molecule has 13 heavy (non-hydrogen) atoms. The first-order valence-corrected chi connectivity index (χ1v) is 7.54. The minimum Gasteiger partial charge on any atom is -0.465 e. The van der Waals surface area contributed by atoms with Crippen molar-refractivity contribution in [3.8, 4) is 6.07 Å². The second-order valence-corrected chi connectivity index (χ2v) is 8.22. The molecule has 1 rings (SSSR count). The molecule has 1 unspecified atom stereocenters. The topological polar surface area (TPSA) is 46.2 Å². The van der Waals surface area contributed by atoms with E-state index in [1.807, 2.05) is 19.6 Å². The molecule has 0 N–H and O–H groups in total. The Morgan fingerprint density at radius 3 is 2.62 bits per heavy atom. The van der Waals surface area contributed by atoms with Crippen LogP contribution < -0.4 is 0 Å².